The Morgan fingerprint density at radius 2 is 2.00 bits per heavy atom. The van der Waals surface area contributed by atoms with Gasteiger partial charge in [-0.1, -0.05) is 26.0 Å². The first-order valence-electron chi connectivity index (χ1n) is 7.87. The lowest BCUT2D eigenvalue weighted by atomic mass is 9.91. The molecule has 0 saturated heterocycles. The number of esters is 1. The minimum Gasteiger partial charge on any atom is -0.465 e. The molecule has 5 nitrogen and oxygen atoms in total. The number of Topliss-reactive ketones (excluding diaryl/α,β-unsaturated/α-hetero) is 1. The Morgan fingerprint density at radius 1 is 1.26 bits per heavy atom. The zero-order valence-electron chi connectivity index (χ0n) is 13.6. The highest BCUT2D eigenvalue weighted by Crippen LogP contribution is 2.31. The summed E-state index contributed by atoms with van der Waals surface area (Å²) in [5.41, 5.74) is 3.57. The summed E-state index contributed by atoms with van der Waals surface area (Å²) >= 11 is 0. The molecule has 0 radical (unpaired) electrons. The van der Waals surface area contributed by atoms with Crippen molar-refractivity contribution < 1.29 is 14.3 Å². The molecule has 0 unspecified atom stereocenters. The second-order valence-electron chi connectivity index (χ2n) is 6.06. The summed E-state index contributed by atoms with van der Waals surface area (Å²) in [6, 6.07) is 7.20. The molecule has 3 rings (SSSR count). The topological polar surface area (TPSA) is 61.2 Å². The predicted octanol–water partition coefficient (Wildman–Crippen LogP) is 3.30. The maximum Gasteiger partial charge on any atom is 0.340 e. The molecule has 120 valence electrons. The van der Waals surface area contributed by atoms with Crippen molar-refractivity contribution in [2.24, 2.45) is 0 Å². The van der Waals surface area contributed by atoms with Crippen LogP contribution in [0.3, 0.4) is 0 Å². The number of carbonyl (C=O) groups excluding carboxylic acids is 2. The van der Waals surface area contributed by atoms with E-state index in [4.69, 9.17) is 4.74 Å². The summed E-state index contributed by atoms with van der Waals surface area (Å²) in [6.45, 7) is 4.06. The van der Waals surface area contributed by atoms with E-state index in [1.54, 1.807) is 16.8 Å². The summed E-state index contributed by atoms with van der Waals surface area (Å²) in [5, 5.41) is 4.68. The summed E-state index contributed by atoms with van der Waals surface area (Å²) in [6.07, 6.45) is 2.17. The van der Waals surface area contributed by atoms with E-state index < -0.39 is 5.97 Å². The molecule has 1 aromatic heterocycles. The minimum absolute atomic E-state index is 0.150. The van der Waals surface area contributed by atoms with Crippen molar-refractivity contribution in [1.29, 1.82) is 0 Å². The average molecular weight is 312 g/mol. The van der Waals surface area contributed by atoms with Crippen molar-refractivity contribution in [3.8, 4) is 5.69 Å². The number of fused-ring (bicyclic) bond motifs is 1. The molecule has 23 heavy (non-hydrogen) atoms. The molecule has 0 aliphatic heterocycles. The van der Waals surface area contributed by atoms with Gasteiger partial charge in [-0.2, -0.15) is 5.10 Å². The molecule has 0 N–H and O–H groups in total. The van der Waals surface area contributed by atoms with Crippen LogP contribution < -0.4 is 0 Å². The third-order valence-electron chi connectivity index (χ3n) is 4.19. The zero-order chi connectivity index (χ0) is 16.6. The van der Waals surface area contributed by atoms with E-state index in [2.05, 4.69) is 5.10 Å². The number of carbonyl (C=O) groups is 2. The molecule has 1 heterocycles. The highest BCUT2D eigenvalue weighted by atomic mass is 16.5. The molecule has 1 aromatic carbocycles. The molecular weight excluding hydrogens is 292 g/mol. The number of hydrogen-bond acceptors (Lipinski definition) is 4. The highest BCUT2D eigenvalue weighted by Gasteiger charge is 2.29. The Labute approximate surface area is 135 Å². The molecule has 0 saturated carbocycles. The fourth-order valence-electron chi connectivity index (χ4n) is 3.09. The number of ketones is 1. The quantitative estimate of drug-likeness (QED) is 0.816. The Bertz CT molecular complexity index is 775. The van der Waals surface area contributed by atoms with E-state index in [0.717, 1.165) is 29.8 Å². The summed E-state index contributed by atoms with van der Waals surface area (Å²) in [5.74, 6) is -0.104. The van der Waals surface area contributed by atoms with E-state index in [1.165, 1.54) is 7.11 Å². The first-order chi connectivity index (χ1) is 11.0. The fraction of sp³-hybridized carbons (Fsp3) is 0.389. The van der Waals surface area contributed by atoms with Crippen LogP contribution in [0, 0.1) is 0 Å². The van der Waals surface area contributed by atoms with E-state index >= 15 is 0 Å². The number of methoxy groups -OCH3 is 1. The van der Waals surface area contributed by atoms with Gasteiger partial charge in [0.2, 0.25) is 0 Å². The van der Waals surface area contributed by atoms with Gasteiger partial charge in [0, 0.05) is 6.42 Å². The van der Waals surface area contributed by atoms with E-state index in [-0.39, 0.29) is 11.7 Å². The Balaban J connectivity index is 2.25. The number of rotatable bonds is 3. The molecule has 2 aromatic rings. The molecule has 0 spiro atoms. The van der Waals surface area contributed by atoms with Gasteiger partial charge in [0.1, 0.15) is 0 Å². The van der Waals surface area contributed by atoms with Crippen LogP contribution in [0.25, 0.3) is 5.69 Å². The standard InChI is InChI=1S/C18H20N2O3/c1-11(2)17-16-14(9-6-10-15(16)21)20(19-17)13-8-5-4-7-12(13)18(22)23-3/h4-5,7-8,11H,6,9-10H2,1-3H3. The normalized spacial score (nSPS) is 14.0. The van der Waals surface area contributed by atoms with Crippen molar-refractivity contribution in [3.05, 3.63) is 46.8 Å². The number of ether oxygens (including phenoxy) is 1. The summed E-state index contributed by atoms with van der Waals surface area (Å²) < 4.78 is 6.63. The van der Waals surface area contributed by atoms with E-state index in [0.29, 0.717) is 17.7 Å². The van der Waals surface area contributed by atoms with Gasteiger partial charge in [0.15, 0.2) is 5.78 Å². The lowest BCUT2D eigenvalue weighted by Crippen LogP contribution is -2.15. The van der Waals surface area contributed by atoms with Crippen molar-refractivity contribution >= 4 is 11.8 Å². The van der Waals surface area contributed by atoms with Gasteiger partial charge in [-0.25, -0.2) is 9.48 Å². The van der Waals surface area contributed by atoms with Gasteiger partial charge < -0.3 is 4.74 Å². The molecule has 0 bridgehead atoms. The number of hydrogen-bond donors (Lipinski definition) is 0. The molecule has 0 atom stereocenters. The first-order valence-corrected chi connectivity index (χ1v) is 7.87. The Kier molecular flexibility index (Phi) is 4.03. The number of aromatic nitrogens is 2. The van der Waals surface area contributed by atoms with Gasteiger partial charge in [0.05, 0.1) is 35.3 Å². The summed E-state index contributed by atoms with van der Waals surface area (Å²) in [4.78, 5) is 24.4. The first kappa shape index (κ1) is 15.5. The second-order valence-corrected chi connectivity index (χ2v) is 6.06. The van der Waals surface area contributed by atoms with E-state index in [1.807, 2.05) is 26.0 Å². The van der Waals surface area contributed by atoms with Gasteiger partial charge >= 0.3 is 5.97 Å². The van der Waals surface area contributed by atoms with Crippen LogP contribution in [-0.2, 0) is 11.2 Å². The maximum absolute atomic E-state index is 12.4. The van der Waals surface area contributed by atoms with Gasteiger partial charge in [0.25, 0.3) is 0 Å². The van der Waals surface area contributed by atoms with Gasteiger partial charge in [-0.3, -0.25) is 4.79 Å². The van der Waals surface area contributed by atoms with E-state index in [9.17, 15) is 9.59 Å². The van der Waals surface area contributed by atoms with Crippen LogP contribution in [0.1, 0.15) is 64.7 Å². The lowest BCUT2D eigenvalue weighted by molar-refractivity contribution is 0.0600. The number of benzene rings is 1. The molecular formula is C18H20N2O3. The van der Waals surface area contributed by atoms with Crippen LogP contribution in [0.4, 0.5) is 0 Å². The predicted molar refractivity (Wildman–Crippen MR) is 86.3 cm³/mol. The molecule has 1 aliphatic rings. The third-order valence-corrected chi connectivity index (χ3v) is 4.19. The molecule has 5 heteroatoms. The van der Waals surface area contributed by atoms with Crippen LogP contribution in [0.15, 0.2) is 24.3 Å². The Hall–Kier alpha value is -2.43. The third kappa shape index (κ3) is 2.56. The van der Waals surface area contributed by atoms with Crippen LogP contribution in [0.5, 0.6) is 0 Å². The second kappa shape index (κ2) is 5.99. The molecule has 0 amide bonds. The van der Waals surface area contributed by atoms with Crippen LogP contribution in [-0.4, -0.2) is 28.6 Å². The molecule has 1 aliphatic carbocycles. The average Bonchev–Trinajstić information content (AvgIpc) is 2.95. The number of para-hydroxylation sites is 1. The highest BCUT2D eigenvalue weighted by molar-refractivity contribution is 6.00. The van der Waals surface area contributed by atoms with Crippen molar-refractivity contribution in [2.45, 2.75) is 39.0 Å². The van der Waals surface area contributed by atoms with Crippen molar-refractivity contribution in [1.82, 2.24) is 9.78 Å². The van der Waals surface area contributed by atoms with Gasteiger partial charge in [-0.05, 0) is 30.9 Å². The SMILES string of the molecule is COC(=O)c1ccccc1-n1nc(C(C)C)c2c1CCCC2=O. The smallest absolute Gasteiger partial charge is 0.340 e. The van der Waals surface area contributed by atoms with Crippen LogP contribution >= 0.6 is 0 Å². The van der Waals surface area contributed by atoms with Crippen LogP contribution in [0.2, 0.25) is 0 Å². The number of nitrogens with zero attached hydrogens (tertiary/aromatic N) is 2. The Morgan fingerprint density at radius 3 is 2.70 bits per heavy atom. The fourth-order valence-corrected chi connectivity index (χ4v) is 3.09. The van der Waals surface area contributed by atoms with Crippen molar-refractivity contribution in [3.63, 3.8) is 0 Å². The maximum atomic E-state index is 12.4. The minimum atomic E-state index is -0.405. The summed E-state index contributed by atoms with van der Waals surface area (Å²) in [7, 11) is 1.36. The zero-order valence-corrected chi connectivity index (χ0v) is 13.6. The van der Waals surface area contributed by atoms with Crippen molar-refractivity contribution in [2.75, 3.05) is 7.11 Å². The van der Waals surface area contributed by atoms with Gasteiger partial charge in [-0.15, -0.1) is 0 Å². The molecule has 0 fully saturated rings. The lowest BCUT2D eigenvalue weighted by Gasteiger charge is -2.15. The monoisotopic (exact) mass is 312 g/mol. The largest absolute Gasteiger partial charge is 0.465 e.